The van der Waals surface area contributed by atoms with E-state index in [1.165, 1.54) is 19.3 Å². The molecule has 0 radical (unpaired) electrons. The maximum atomic E-state index is 13.3. The van der Waals surface area contributed by atoms with E-state index in [9.17, 15) is 9.90 Å². The van der Waals surface area contributed by atoms with Crippen molar-refractivity contribution in [1.29, 1.82) is 0 Å². The van der Waals surface area contributed by atoms with Crippen molar-refractivity contribution in [3.63, 3.8) is 0 Å². The molecule has 4 aliphatic carbocycles. The van der Waals surface area contributed by atoms with Crippen molar-refractivity contribution in [2.24, 2.45) is 29.1 Å². The van der Waals surface area contributed by atoms with Crippen LogP contribution in [0.15, 0.2) is 0 Å². The summed E-state index contributed by atoms with van der Waals surface area (Å²) in [5, 5.41) is 10.4. The molecule has 0 aromatic rings. The van der Waals surface area contributed by atoms with Gasteiger partial charge in [0.15, 0.2) is 6.29 Å². The van der Waals surface area contributed by atoms with Crippen molar-refractivity contribution in [2.75, 3.05) is 0 Å². The number of carbonyl (C=O) groups excluding carboxylic acids is 1. The summed E-state index contributed by atoms with van der Waals surface area (Å²) in [5.41, 5.74) is -1.19. The quantitative estimate of drug-likeness (QED) is 0.494. The van der Waals surface area contributed by atoms with Crippen LogP contribution in [0.25, 0.3) is 0 Å². The Hall–Kier alpha value is -0.610. The molecule has 156 valence electrons. The van der Waals surface area contributed by atoms with Gasteiger partial charge in [-0.2, -0.15) is 0 Å². The Bertz CT molecular complexity index is 514. The molecule has 4 heteroatoms. The first-order chi connectivity index (χ1) is 12.4. The third-order valence-electron chi connectivity index (χ3n) is 7.30. The molecule has 0 spiro atoms. The van der Waals surface area contributed by atoms with E-state index in [0.29, 0.717) is 12.8 Å². The third-order valence-corrected chi connectivity index (χ3v) is 7.30. The molecule has 4 fully saturated rings. The van der Waals surface area contributed by atoms with Gasteiger partial charge < -0.3 is 14.6 Å². The van der Waals surface area contributed by atoms with E-state index in [1.54, 1.807) is 0 Å². The lowest BCUT2D eigenvalue weighted by Crippen LogP contribution is -2.54. The fourth-order valence-electron chi connectivity index (χ4n) is 6.14. The Morgan fingerprint density at radius 3 is 1.96 bits per heavy atom. The van der Waals surface area contributed by atoms with Crippen LogP contribution in [-0.4, -0.2) is 28.6 Å². The van der Waals surface area contributed by atoms with E-state index in [4.69, 9.17) is 9.47 Å². The van der Waals surface area contributed by atoms with Crippen molar-refractivity contribution < 1.29 is 19.4 Å². The second kappa shape index (κ2) is 7.33. The second-order valence-electron chi connectivity index (χ2n) is 11.2. The van der Waals surface area contributed by atoms with E-state index in [0.717, 1.165) is 37.0 Å². The number of hydrogen-bond donors (Lipinski definition) is 1. The second-order valence-corrected chi connectivity index (χ2v) is 11.2. The average molecular weight is 381 g/mol. The highest BCUT2D eigenvalue weighted by Crippen LogP contribution is 2.57. The van der Waals surface area contributed by atoms with Crippen molar-refractivity contribution in [3.8, 4) is 0 Å². The minimum absolute atomic E-state index is 0.0678. The summed E-state index contributed by atoms with van der Waals surface area (Å²) in [7, 11) is 0. The van der Waals surface area contributed by atoms with E-state index >= 15 is 0 Å². The molecular weight excluding hydrogens is 340 g/mol. The zero-order valence-electron chi connectivity index (χ0n) is 18.2. The van der Waals surface area contributed by atoms with Crippen LogP contribution < -0.4 is 0 Å². The summed E-state index contributed by atoms with van der Waals surface area (Å²) in [6.45, 7) is 11.8. The first kappa shape index (κ1) is 21.1. The predicted molar refractivity (Wildman–Crippen MR) is 106 cm³/mol. The zero-order valence-corrected chi connectivity index (χ0v) is 18.2. The standard InChI is InChI=1S/C23H40O4/c1-7-22(6,11-15(2)19(24)26-21(3,4)5)20(25)27-23-12-16-8-17(13-23)10-18(9-16)14-23/h15-19,24H,7-14H2,1-6H3. The fourth-order valence-corrected chi connectivity index (χ4v) is 6.14. The summed E-state index contributed by atoms with van der Waals surface area (Å²) in [4.78, 5) is 13.3. The maximum Gasteiger partial charge on any atom is 0.312 e. The van der Waals surface area contributed by atoms with Crippen LogP contribution in [0.1, 0.15) is 92.9 Å². The van der Waals surface area contributed by atoms with Crippen LogP contribution >= 0.6 is 0 Å². The van der Waals surface area contributed by atoms with Crippen LogP contribution in [0.4, 0.5) is 0 Å². The first-order valence-electron chi connectivity index (χ1n) is 11.0. The number of aliphatic hydroxyl groups is 1. The highest BCUT2D eigenvalue weighted by atomic mass is 16.6. The Morgan fingerprint density at radius 1 is 1.07 bits per heavy atom. The van der Waals surface area contributed by atoms with Gasteiger partial charge in [-0.25, -0.2) is 0 Å². The van der Waals surface area contributed by atoms with Gasteiger partial charge in [-0.05, 0) is 96.8 Å². The van der Waals surface area contributed by atoms with Gasteiger partial charge in [0, 0.05) is 5.92 Å². The zero-order chi connectivity index (χ0) is 20.0. The monoisotopic (exact) mass is 380 g/mol. The van der Waals surface area contributed by atoms with E-state index < -0.39 is 17.3 Å². The number of carbonyl (C=O) groups is 1. The molecule has 4 aliphatic rings. The minimum atomic E-state index is -0.872. The Morgan fingerprint density at radius 2 is 1.56 bits per heavy atom. The summed E-state index contributed by atoms with van der Waals surface area (Å²) >= 11 is 0. The smallest absolute Gasteiger partial charge is 0.312 e. The molecule has 0 saturated heterocycles. The maximum absolute atomic E-state index is 13.3. The van der Waals surface area contributed by atoms with Crippen LogP contribution in [-0.2, 0) is 14.3 Å². The third kappa shape index (κ3) is 4.70. The Kier molecular flexibility index (Phi) is 5.73. The number of aliphatic hydroxyl groups excluding tert-OH is 1. The highest BCUT2D eigenvalue weighted by molar-refractivity contribution is 5.77. The van der Waals surface area contributed by atoms with Crippen molar-refractivity contribution >= 4 is 5.97 Å². The first-order valence-corrected chi connectivity index (χ1v) is 11.0. The van der Waals surface area contributed by atoms with Crippen LogP contribution in [0.2, 0.25) is 0 Å². The van der Waals surface area contributed by atoms with E-state index in [2.05, 4.69) is 0 Å². The number of rotatable bonds is 7. The van der Waals surface area contributed by atoms with Crippen LogP contribution in [0, 0.1) is 29.1 Å². The molecule has 0 heterocycles. The molecule has 0 amide bonds. The summed E-state index contributed by atoms with van der Waals surface area (Å²) in [6.07, 6.45) is 7.64. The molecule has 3 unspecified atom stereocenters. The predicted octanol–water partition coefficient (Wildman–Crippen LogP) is 5.07. The lowest BCUT2D eigenvalue weighted by atomic mass is 9.54. The molecule has 4 bridgehead atoms. The van der Waals surface area contributed by atoms with Gasteiger partial charge in [0.1, 0.15) is 5.60 Å². The number of esters is 1. The molecule has 4 saturated carbocycles. The number of hydrogen-bond acceptors (Lipinski definition) is 4. The van der Waals surface area contributed by atoms with Gasteiger partial charge >= 0.3 is 5.97 Å². The van der Waals surface area contributed by atoms with Crippen LogP contribution in [0.5, 0.6) is 0 Å². The van der Waals surface area contributed by atoms with Crippen LogP contribution in [0.3, 0.4) is 0 Å². The summed E-state index contributed by atoms with van der Waals surface area (Å²) in [6, 6.07) is 0. The lowest BCUT2D eigenvalue weighted by Gasteiger charge is -2.56. The van der Waals surface area contributed by atoms with Gasteiger partial charge in [-0.15, -0.1) is 0 Å². The SMILES string of the molecule is CCC(C)(CC(C)C(O)OC(C)(C)C)C(=O)OC12CC3CC(CC(C3)C1)C2. The minimum Gasteiger partial charge on any atom is -0.459 e. The molecule has 0 aliphatic heterocycles. The molecule has 27 heavy (non-hydrogen) atoms. The Balaban J connectivity index is 1.64. The molecule has 0 aromatic heterocycles. The van der Waals surface area contributed by atoms with Crippen molar-refractivity contribution in [3.05, 3.63) is 0 Å². The number of ether oxygens (including phenoxy) is 2. The summed E-state index contributed by atoms with van der Waals surface area (Å²) in [5.74, 6) is 2.09. The van der Waals surface area contributed by atoms with Crippen molar-refractivity contribution in [2.45, 2.75) is 110 Å². The molecule has 3 atom stereocenters. The summed E-state index contributed by atoms with van der Waals surface area (Å²) < 4.78 is 12.0. The molecule has 0 aromatic carbocycles. The van der Waals surface area contributed by atoms with E-state index in [-0.39, 0.29) is 17.5 Å². The van der Waals surface area contributed by atoms with Gasteiger partial charge in [0.2, 0.25) is 0 Å². The van der Waals surface area contributed by atoms with E-state index in [1.807, 2.05) is 41.5 Å². The molecule has 4 rings (SSSR count). The highest BCUT2D eigenvalue weighted by Gasteiger charge is 2.54. The van der Waals surface area contributed by atoms with Gasteiger partial charge in [0.05, 0.1) is 11.0 Å². The Labute approximate surface area is 165 Å². The topological polar surface area (TPSA) is 55.8 Å². The molecule has 1 N–H and O–H groups in total. The molecule has 4 nitrogen and oxygen atoms in total. The van der Waals surface area contributed by atoms with Gasteiger partial charge in [-0.1, -0.05) is 13.8 Å². The fraction of sp³-hybridized carbons (Fsp3) is 0.957. The largest absolute Gasteiger partial charge is 0.459 e. The van der Waals surface area contributed by atoms with Crippen molar-refractivity contribution in [1.82, 2.24) is 0 Å². The normalized spacial score (nSPS) is 36.9. The van der Waals surface area contributed by atoms with Gasteiger partial charge in [-0.3, -0.25) is 4.79 Å². The average Bonchev–Trinajstić information content (AvgIpc) is 2.51. The molecular formula is C23H40O4. The van der Waals surface area contributed by atoms with Gasteiger partial charge in [0.25, 0.3) is 0 Å². The lowest BCUT2D eigenvalue weighted by molar-refractivity contribution is -0.206.